The molecule has 0 saturated carbocycles. The average Bonchev–Trinajstić information content (AvgIpc) is 2.33. The molecule has 1 aliphatic rings. The van der Waals surface area contributed by atoms with Crippen molar-refractivity contribution in [1.29, 1.82) is 0 Å². The van der Waals surface area contributed by atoms with E-state index in [1.165, 1.54) is 30.4 Å². The summed E-state index contributed by atoms with van der Waals surface area (Å²) in [6.07, 6.45) is 3.89. The number of aryl methyl sites for hydroxylation is 2. The van der Waals surface area contributed by atoms with Crippen molar-refractivity contribution in [2.24, 2.45) is 0 Å². The molecule has 45 valence electrons. The Morgan fingerprint density at radius 3 is 3.00 bits per heavy atom. The Morgan fingerprint density at radius 2 is 2.11 bits per heavy atom. The minimum absolute atomic E-state index is 1.27. The van der Waals surface area contributed by atoms with Gasteiger partial charge in [0.05, 0.1) is 0 Å². The van der Waals surface area contributed by atoms with E-state index in [9.17, 15) is 0 Å². The van der Waals surface area contributed by atoms with Crippen LogP contribution in [0.3, 0.4) is 0 Å². The average molecular weight is 117 g/mol. The van der Waals surface area contributed by atoms with Crippen LogP contribution in [0.25, 0.3) is 0 Å². The molecule has 1 radical (unpaired) electrons. The highest BCUT2D eigenvalue weighted by molar-refractivity contribution is 5.29. The third-order valence-corrected chi connectivity index (χ3v) is 1.94. The Balaban J connectivity index is 2.54. The first-order valence-corrected chi connectivity index (χ1v) is 3.45. The van der Waals surface area contributed by atoms with E-state index < -0.39 is 0 Å². The van der Waals surface area contributed by atoms with Crippen LogP contribution in [0, 0.1) is 6.07 Å². The Bertz CT molecular complexity index is 190. The van der Waals surface area contributed by atoms with Crippen molar-refractivity contribution in [3.63, 3.8) is 0 Å². The highest BCUT2D eigenvalue weighted by Gasteiger charge is 2.07. The van der Waals surface area contributed by atoms with Gasteiger partial charge < -0.3 is 0 Å². The van der Waals surface area contributed by atoms with Crippen molar-refractivity contribution in [2.45, 2.75) is 19.3 Å². The highest BCUT2D eigenvalue weighted by Crippen LogP contribution is 2.19. The molecule has 0 saturated heterocycles. The van der Waals surface area contributed by atoms with E-state index in [-0.39, 0.29) is 0 Å². The van der Waals surface area contributed by atoms with E-state index in [0.717, 1.165) is 0 Å². The van der Waals surface area contributed by atoms with E-state index in [2.05, 4.69) is 18.2 Å². The second kappa shape index (κ2) is 1.87. The van der Waals surface area contributed by atoms with E-state index in [1.807, 2.05) is 6.07 Å². The third kappa shape index (κ3) is 0.748. The van der Waals surface area contributed by atoms with Crippen LogP contribution in [0.15, 0.2) is 18.2 Å². The summed E-state index contributed by atoms with van der Waals surface area (Å²) >= 11 is 0. The lowest BCUT2D eigenvalue weighted by atomic mass is 10.1. The van der Waals surface area contributed by atoms with E-state index in [1.54, 1.807) is 0 Å². The van der Waals surface area contributed by atoms with E-state index >= 15 is 0 Å². The van der Waals surface area contributed by atoms with E-state index in [4.69, 9.17) is 0 Å². The lowest BCUT2D eigenvalue weighted by Crippen LogP contribution is -1.77. The third-order valence-electron chi connectivity index (χ3n) is 1.94. The Morgan fingerprint density at radius 1 is 1.22 bits per heavy atom. The van der Waals surface area contributed by atoms with Crippen molar-refractivity contribution in [3.8, 4) is 0 Å². The molecule has 0 amide bonds. The minimum Gasteiger partial charge on any atom is -0.0582 e. The van der Waals surface area contributed by atoms with Crippen LogP contribution >= 0.6 is 0 Å². The zero-order chi connectivity index (χ0) is 6.10. The summed E-state index contributed by atoms with van der Waals surface area (Å²) in [7, 11) is 0. The maximum Gasteiger partial charge on any atom is -0.0181 e. The van der Waals surface area contributed by atoms with Gasteiger partial charge in [0.15, 0.2) is 0 Å². The van der Waals surface area contributed by atoms with Crippen molar-refractivity contribution in [2.75, 3.05) is 0 Å². The Labute approximate surface area is 55.5 Å². The molecule has 0 N–H and O–H groups in total. The van der Waals surface area contributed by atoms with Crippen molar-refractivity contribution in [3.05, 3.63) is 35.4 Å². The first-order valence-electron chi connectivity index (χ1n) is 3.45. The van der Waals surface area contributed by atoms with Gasteiger partial charge in [-0.2, -0.15) is 0 Å². The topological polar surface area (TPSA) is 0 Å². The predicted molar refractivity (Wildman–Crippen MR) is 37.3 cm³/mol. The van der Waals surface area contributed by atoms with Gasteiger partial charge in [0, 0.05) is 0 Å². The highest BCUT2D eigenvalue weighted by atomic mass is 14.1. The van der Waals surface area contributed by atoms with Crippen LogP contribution in [0.2, 0.25) is 0 Å². The normalized spacial score (nSPS) is 15.6. The second-order valence-electron chi connectivity index (χ2n) is 2.55. The van der Waals surface area contributed by atoms with Gasteiger partial charge in [-0.05, 0) is 36.5 Å². The molecule has 0 heteroatoms. The van der Waals surface area contributed by atoms with Gasteiger partial charge in [-0.3, -0.25) is 0 Å². The fourth-order valence-corrected chi connectivity index (χ4v) is 1.44. The lowest BCUT2D eigenvalue weighted by Gasteiger charge is -1.92. The molecule has 2 rings (SSSR count). The molecule has 1 aliphatic carbocycles. The van der Waals surface area contributed by atoms with Gasteiger partial charge in [0.1, 0.15) is 0 Å². The van der Waals surface area contributed by atoms with Crippen LogP contribution in [0.4, 0.5) is 0 Å². The standard InChI is InChI=1S/C9H9/c1-2-5-9-7-3-6-8(9)4-1/h1,4-5H,3,6-7H2. The predicted octanol–water partition coefficient (Wildman–Crippen LogP) is 1.98. The molecule has 9 heavy (non-hydrogen) atoms. The molecule has 0 aliphatic heterocycles. The molecule has 0 heterocycles. The monoisotopic (exact) mass is 117 g/mol. The molecular formula is C9H9. The van der Waals surface area contributed by atoms with Crippen LogP contribution < -0.4 is 0 Å². The Kier molecular flexibility index (Phi) is 1.05. The number of rotatable bonds is 0. The summed E-state index contributed by atoms with van der Waals surface area (Å²) in [6, 6.07) is 9.39. The van der Waals surface area contributed by atoms with Gasteiger partial charge in [-0.25, -0.2) is 0 Å². The summed E-state index contributed by atoms with van der Waals surface area (Å²) in [6.45, 7) is 0. The van der Waals surface area contributed by atoms with Gasteiger partial charge in [-0.1, -0.05) is 18.2 Å². The van der Waals surface area contributed by atoms with Gasteiger partial charge in [0.2, 0.25) is 0 Å². The van der Waals surface area contributed by atoms with Crippen LogP contribution in [-0.2, 0) is 12.8 Å². The molecule has 0 unspecified atom stereocenters. The molecular weight excluding hydrogens is 108 g/mol. The molecule has 1 aromatic rings. The molecule has 0 nitrogen and oxygen atoms in total. The zero-order valence-corrected chi connectivity index (χ0v) is 5.35. The summed E-state index contributed by atoms with van der Waals surface area (Å²) < 4.78 is 0. The molecule has 0 fully saturated rings. The number of benzene rings is 1. The smallest absolute Gasteiger partial charge is 0.0181 e. The van der Waals surface area contributed by atoms with Gasteiger partial charge >= 0.3 is 0 Å². The van der Waals surface area contributed by atoms with Crippen LogP contribution in [0.1, 0.15) is 17.5 Å². The molecule has 0 atom stereocenters. The molecule has 1 aromatic carbocycles. The van der Waals surface area contributed by atoms with Crippen LogP contribution in [-0.4, -0.2) is 0 Å². The lowest BCUT2D eigenvalue weighted by molar-refractivity contribution is 0.912. The largest absolute Gasteiger partial charge is 0.0582 e. The summed E-state index contributed by atoms with van der Waals surface area (Å²) in [5, 5.41) is 0. The van der Waals surface area contributed by atoms with E-state index in [0.29, 0.717) is 0 Å². The molecule has 0 bridgehead atoms. The zero-order valence-electron chi connectivity index (χ0n) is 5.35. The SMILES string of the molecule is [c]1ccc2c(c1)CCC2. The first-order chi connectivity index (χ1) is 4.47. The van der Waals surface area contributed by atoms with Crippen molar-refractivity contribution < 1.29 is 0 Å². The van der Waals surface area contributed by atoms with Gasteiger partial charge in [0.25, 0.3) is 0 Å². The molecule has 0 spiro atoms. The summed E-state index contributed by atoms with van der Waals surface area (Å²) in [5.41, 5.74) is 3.05. The number of hydrogen-bond acceptors (Lipinski definition) is 0. The maximum absolute atomic E-state index is 3.09. The number of hydrogen-bond donors (Lipinski definition) is 0. The minimum atomic E-state index is 1.27. The van der Waals surface area contributed by atoms with Crippen molar-refractivity contribution in [1.82, 2.24) is 0 Å². The summed E-state index contributed by atoms with van der Waals surface area (Å²) in [4.78, 5) is 0. The number of fused-ring (bicyclic) bond motifs is 1. The first kappa shape index (κ1) is 5.04. The van der Waals surface area contributed by atoms with Gasteiger partial charge in [-0.15, -0.1) is 0 Å². The maximum atomic E-state index is 3.09. The fraction of sp³-hybridized carbons (Fsp3) is 0.333. The summed E-state index contributed by atoms with van der Waals surface area (Å²) in [5.74, 6) is 0. The second-order valence-corrected chi connectivity index (χ2v) is 2.55. The fourth-order valence-electron chi connectivity index (χ4n) is 1.44. The van der Waals surface area contributed by atoms with Crippen LogP contribution in [0.5, 0.6) is 0 Å². The Hall–Kier alpha value is -0.780. The molecule has 0 aromatic heterocycles. The quantitative estimate of drug-likeness (QED) is 0.487. The van der Waals surface area contributed by atoms with Crippen molar-refractivity contribution >= 4 is 0 Å².